The molecule has 0 N–H and O–H groups in total. The van der Waals surface area contributed by atoms with Gasteiger partial charge < -0.3 is 9.13 Å². The largest absolute Gasteiger partial charge is 0.416 e. The van der Waals surface area contributed by atoms with Crippen molar-refractivity contribution in [3.63, 3.8) is 0 Å². The van der Waals surface area contributed by atoms with E-state index >= 15 is 0 Å². The Kier molecular flexibility index (Phi) is 8.91. The van der Waals surface area contributed by atoms with E-state index in [1.807, 2.05) is 48.7 Å². The fraction of sp³-hybridized carbons (Fsp3) is 0.122. The molecule has 12 heteroatoms. The highest BCUT2D eigenvalue weighted by molar-refractivity contribution is 6.12. The van der Waals surface area contributed by atoms with Gasteiger partial charge in [-0.25, -0.2) is 0 Å². The number of aromatic nitrogens is 2. The van der Waals surface area contributed by atoms with Crippen LogP contribution in [-0.2, 0) is 18.5 Å². The van der Waals surface area contributed by atoms with Crippen molar-refractivity contribution in [3.8, 4) is 39.7 Å². The highest BCUT2D eigenvalue weighted by Crippen LogP contribution is 2.45. The minimum Gasteiger partial charge on any atom is -0.309 e. The van der Waals surface area contributed by atoms with Gasteiger partial charge in [-0.05, 0) is 128 Å². The van der Waals surface area contributed by atoms with Gasteiger partial charge >= 0.3 is 18.5 Å². The standard InChI is InChI=1S/C49H30F9N3/c1-26-4-14-41-37(18-26)38-19-27(2)5-15-42(38)61(41)46-22-30(34-13-8-31(20-28(34)3)47(50,51)52)7-12-36(46)35-11-6-29(25-59)21-45(35)60-43-16-9-32(48(53,54)55)23-39(43)40-24-33(49(56,57)58)10-17-44(40)60/h4-24H,1-3H3. The summed E-state index contributed by atoms with van der Waals surface area (Å²) in [6.45, 7) is 5.55. The third-order valence-electron chi connectivity index (χ3n) is 11.3. The van der Waals surface area contributed by atoms with Gasteiger partial charge in [0.1, 0.15) is 0 Å². The number of nitriles is 1. The van der Waals surface area contributed by atoms with Crippen LogP contribution in [0.15, 0.2) is 127 Å². The zero-order chi connectivity index (χ0) is 43.3. The Morgan fingerprint density at radius 3 is 1.26 bits per heavy atom. The molecule has 0 saturated carbocycles. The van der Waals surface area contributed by atoms with Crippen molar-refractivity contribution in [2.24, 2.45) is 0 Å². The molecule has 0 fully saturated rings. The van der Waals surface area contributed by atoms with Crippen molar-refractivity contribution in [1.29, 1.82) is 5.26 Å². The fourth-order valence-corrected chi connectivity index (χ4v) is 8.44. The molecule has 0 bridgehead atoms. The van der Waals surface area contributed by atoms with Gasteiger partial charge in [0.2, 0.25) is 0 Å². The Morgan fingerprint density at radius 2 is 0.803 bits per heavy atom. The maximum absolute atomic E-state index is 14.1. The van der Waals surface area contributed by atoms with Gasteiger partial charge in [-0.1, -0.05) is 47.5 Å². The molecule has 0 spiro atoms. The molecule has 0 aliphatic carbocycles. The summed E-state index contributed by atoms with van der Waals surface area (Å²) in [4.78, 5) is 0. The summed E-state index contributed by atoms with van der Waals surface area (Å²) in [6.07, 6.45) is -14.1. The first-order valence-electron chi connectivity index (χ1n) is 18.9. The topological polar surface area (TPSA) is 33.6 Å². The third-order valence-corrected chi connectivity index (χ3v) is 11.3. The van der Waals surface area contributed by atoms with Gasteiger partial charge in [-0.3, -0.25) is 0 Å². The van der Waals surface area contributed by atoms with Crippen LogP contribution in [0.25, 0.3) is 77.2 Å². The van der Waals surface area contributed by atoms with Crippen LogP contribution in [0.4, 0.5) is 39.5 Å². The number of alkyl halides is 9. The van der Waals surface area contributed by atoms with Crippen LogP contribution < -0.4 is 0 Å². The monoisotopic (exact) mass is 831 g/mol. The summed E-state index contributed by atoms with van der Waals surface area (Å²) in [7, 11) is 0. The zero-order valence-corrected chi connectivity index (χ0v) is 32.4. The number of halogens is 9. The van der Waals surface area contributed by atoms with Crippen molar-refractivity contribution in [3.05, 3.63) is 166 Å². The number of benzene rings is 7. The molecule has 304 valence electrons. The lowest BCUT2D eigenvalue weighted by molar-refractivity contribution is -0.138. The number of rotatable bonds is 4. The molecule has 3 nitrogen and oxygen atoms in total. The highest BCUT2D eigenvalue weighted by Gasteiger charge is 2.34. The molecule has 2 heterocycles. The Labute approximate surface area is 342 Å². The SMILES string of the molecule is Cc1ccc2c(c1)c1cc(C)ccc1n2-c1cc(-c2ccc(C(F)(F)F)cc2C)ccc1-c1ccc(C#N)cc1-n1c2ccc(C(F)(F)F)cc2c2cc(C(F)(F)F)ccc21. The van der Waals surface area contributed by atoms with Crippen LogP contribution in [0.1, 0.15) is 38.9 Å². The Balaban J connectivity index is 1.40. The molecular weight excluding hydrogens is 802 g/mol. The average molecular weight is 832 g/mol. The number of hydrogen-bond donors (Lipinski definition) is 0. The van der Waals surface area contributed by atoms with Crippen LogP contribution in [0.5, 0.6) is 0 Å². The summed E-state index contributed by atoms with van der Waals surface area (Å²) in [6, 6.07) is 33.7. The first-order valence-corrected chi connectivity index (χ1v) is 18.9. The van der Waals surface area contributed by atoms with Crippen LogP contribution in [0, 0.1) is 32.1 Å². The zero-order valence-electron chi connectivity index (χ0n) is 32.4. The Morgan fingerprint density at radius 1 is 0.410 bits per heavy atom. The number of fused-ring (bicyclic) bond motifs is 6. The smallest absolute Gasteiger partial charge is 0.309 e. The molecule has 0 unspecified atom stereocenters. The van der Waals surface area contributed by atoms with E-state index in [4.69, 9.17) is 0 Å². The van der Waals surface area contributed by atoms with E-state index in [-0.39, 0.29) is 27.4 Å². The first kappa shape index (κ1) is 39.5. The second-order valence-corrected chi connectivity index (χ2v) is 15.3. The van der Waals surface area contributed by atoms with E-state index in [9.17, 15) is 44.8 Å². The van der Waals surface area contributed by atoms with E-state index in [0.29, 0.717) is 39.2 Å². The van der Waals surface area contributed by atoms with Gasteiger partial charge in [-0.2, -0.15) is 44.8 Å². The summed E-state index contributed by atoms with van der Waals surface area (Å²) in [5.74, 6) is 0. The molecule has 2 aromatic heterocycles. The predicted octanol–water partition coefficient (Wildman–Crippen LogP) is 15.1. The van der Waals surface area contributed by atoms with Gasteiger partial charge in [0.15, 0.2) is 0 Å². The van der Waals surface area contributed by atoms with E-state index in [2.05, 4.69) is 18.2 Å². The lowest BCUT2D eigenvalue weighted by Gasteiger charge is -2.20. The summed E-state index contributed by atoms with van der Waals surface area (Å²) < 4.78 is 130. The normalized spacial score (nSPS) is 12.6. The van der Waals surface area contributed by atoms with Crippen LogP contribution in [-0.4, -0.2) is 9.13 Å². The van der Waals surface area contributed by atoms with E-state index in [1.54, 1.807) is 41.8 Å². The number of hydrogen-bond acceptors (Lipinski definition) is 1. The minimum absolute atomic E-state index is 0.0780. The quantitative estimate of drug-likeness (QED) is 0.163. The molecule has 0 atom stereocenters. The highest BCUT2D eigenvalue weighted by atomic mass is 19.4. The molecule has 0 amide bonds. The molecule has 9 aromatic rings. The molecule has 0 radical (unpaired) electrons. The first-order chi connectivity index (χ1) is 28.8. The van der Waals surface area contributed by atoms with Gasteiger partial charge in [-0.15, -0.1) is 0 Å². The summed E-state index contributed by atoms with van der Waals surface area (Å²) >= 11 is 0. The molecule has 61 heavy (non-hydrogen) atoms. The van der Waals surface area contributed by atoms with Crippen LogP contribution >= 0.6 is 0 Å². The lowest BCUT2D eigenvalue weighted by atomic mass is 9.93. The molecular formula is C49H30F9N3. The van der Waals surface area contributed by atoms with E-state index in [1.165, 1.54) is 18.2 Å². The fourth-order valence-electron chi connectivity index (χ4n) is 8.44. The van der Waals surface area contributed by atoms with E-state index in [0.717, 1.165) is 69.3 Å². The Bertz CT molecular complexity index is 3190. The number of nitrogens with zero attached hydrogens (tertiary/aromatic N) is 3. The van der Waals surface area contributed by atoms with Gasteiger partial charge in [0, 0.05) is 32.7 Å². The number of aryl methyl sites for hydroxylation is 3. The maximum atomic E-state index is 14.1. The van der Waals surface area contributed by atoms with Gasteiger partial charge in [0.25, 0.3) is 0 Å². The van der Waals surface area contributed by atoms with Crippen molar-refractivity contribution < 1.29 is 39.5 Å². The summed E-state index contributed by atoms with van der Waals surface area (Å²) in [5, 5.41) is 11.9. The minimum atomic E-state index is -4.79. The van der Waals surface area contributed by atoms with Crippen molar-refractivity contribution in [2.45, 2.75) is 39.3 Å². The maximum Gasteiger partial charge on any atom is 0.416 e. The van der Waals surface area contributed by atoms with Crippen LogP contribution in [0.2, 0.25) is 0 Å². The second-order valence-electron chi connectivity index (χ2n) is 15.3. The van der Waals surface area contributed by atoms with Crippen molar-refractivity contribution in [2.75, 3.05) is 0 Å². The predicted molar refractivity (Wildman–Crippen MR) is 220 cm³/mol. The molecule has 9 rings (SSSR count). The Hall–Kier alpha value is -7.00. The molecule has 0 aliphatic rings. The van der Waals surface area contributed by atoms with E-state index < -0.39 is 35.2 Å². The van der Waals surface area contributed by atoms with Gasteiger partial charge in [0.05, 0.1) is 61.8 Å². The summed E-state index contributed by atoms with van der Waals surface area (Å²) in [5.41, 5.74) is 4.65. The third kappa shape index (κ3) is 6.65. The lowest BCUT2D eigenvalue weighted by Crippen LogP contribution is -2.06. The van der Waals surface area contributed by atoms with Crippen LogP contribution in [0.3, 0.4) is 0 Å². The van der Waals surface area contributed by atoms with Crippen molar-refractivity contribution >= 4 is 43.6 Å². The average Bonchev–Trinajstić information content (AvgIpc) is 3.70. The molecule has 7 aromatic carbocycles. The molecule has 0 saturated heterocycles. The van der Waals surface area contributed by atoms with Crippen molar-refractivity contribution in [1.82, 2.24) is 9.13 Å². The molecule has 0 aliphatic heterocycles. The second kappa shape index (κ2) is 13.8.